The zero-order valence-electron chi connectivity index (χ0n) is 7.02. The maximum Gasteiger partial charge on any atom is 0.222 e. The molecule has 5 nitrogen and oxygen atoms in total. The van der Waals surface area contributed by atoms with E-state index in [1.807, 2.05) is 0 Å². The third-order valence-corrected chi connectivity index (χ3v) is 2.27. The van der Waals surface area contributed by atoms with Gasteiger partial charge in [0.1, 0.15) is 0 Å². The molecule has 0 aliphatic rings. The van der Waals surface area contributed by atoms with Gasteiger partial charge in [-0.2, -0.15) is 0 Å². The molecular weight excluding hydrogens is 204 g/mol. The van der Waals surface area contributed by atoms with E-state index in [1.165, 1.54) is 6.07 Å². The number of H-pyrrole nitrogens is 1. The Hall–Kier alpha value is -1.69. The number of anilines is 1. The maximum atomic E-state index is 10.4. The highest BCUT2D eigenvalue weighted by atomic mass is 32.2. The SMILES string of the molecule is O=[SH](=O)Nc1ccc2[nH]c(O)cc2c1. The van der Waals surface area contributed by atoms with Crippen LogP contribution in [0, 0.1) is 0 Å². The lowest BCUT2D eigenvalue weighted by atomic mass is 10.2. The molecule has 3 N–H and O–H groups in total. The van der Waals surface area contributed by atoms with Crippen LogP contribution in [0.4, 0.5) is 5.69 Å². The summed E-state index contributed by atoms with van der Waals surface area (Å²) in [5.41, 5.74) is 1.24. The molecule has 0 bridgehead atoms. The van der Waals surface area contributed by atoms with Gasteiger partial charge in [-0.3, -0.25) is 4.72 Å². The van der Waals surface area contributed by atoms with Gasteiger partial charge in [0.15, 0.2) is 5.88 Å². The van der Waals surface area contributed by atoms with Crippen LogP contribution in [0.15, 0.2) is 24.3 Å². The number of hydrogen-bond acceptors (Lipinski definition) is 3. The van der Waals surface area contributed by atoms with Crippen LogP contribution in [0.25, 0.3) is 10.9 Å². The number of aromatic hydroxyl groups is 1. The Labute approximate surface area is 81.5 Å². The lowest BCUT2D eigenvalue weighted by Crippen LogP contribution is -1.93. The fourth-order valence-electron chi connectivity index (χ4n) is 1.29. The number of benzene rings is 1. The smallest absolute Gasteiger partial charge is 0.222 e. The van der Waals surface area contributed by atoms with Crippen LogP contribution in [0.3, 0.4) is 0 Å². The van der Waals surface area contributed by atoms with Gasteiger partial charge >= 0.3 is 0 Å². The molecule has 2 aromatic rings. The number of aromatic nitrogens is 1. The van der Waals surface area contributed by atoms with Crippen molar-refractivity contribution in [3.63, 3.8) is 0 Å². The molecule has 1 aromatic heterocycles. The van der Waals surface area contributed by atoms with Crippen molar-refractivity contribution in [3.8, 4) is 5.88 Å². The average molecular weight is 212 g/mol. The maximum absolute atomic E-state index is 10.4. The quantitative estimate of drug-likeness (QED) is 0.556. The first-order chi connectivity index (χ1) is 6.65. The van der Waals surface area contributed by atoms with Gasteiger partial charge in [0.2, 0.25) is 10.9 Å². The molecule has 0 unspecified atom stereocenters. The van der Waals surface area contributed by atoms with Crippen LogP contribution >= 0.6 is 0 Å². The van der Waals surface area contributed by atoms with E-state index in [1.54, 1.807) is 18.2 Å². The van der Waals surface area contributed by atoms with Gasteiger partial charge in [0, 0.05) is 22.7 Å². The molecule has 0 atom stereocenters. The second-order valence-corrected chi connectivity index (χ2v) is 3.56. The van der Waals surface area contributed by atoms with E-state index in [4.69, 9.17) is 5.11 Å². The van der Waals surface area contributed by atoms with Crippen molar-refractivity contribution in [1.82, 2.24) is 4.98 Å². The molecule has 6 heteroatoms. The van der Waals surface area contributed by atoms with Crippen LogP contribution < -0.4 is 4.72 Å². The zero-order valence-corrected chi connectivity index (χ0v) is 7.91. The first-order valence-corrected chi connectivity index (χ1v) is 5.06. The molecule has 0 saturated carbocycles. The Morgan fingerprint density at radius 1 is 1.29 bits per heavy atom. The minimum Gasteiger partial charge on any atom is -0.495 e. The van der Waals surface area contributed by atoms with Crippen LogP contribution in [-0.2, 0) is 10.9 Å². The highest BCUT2D eigenvalue weighted by molar-refractivity contribution is 7.73. The first-order valence-electron chi connectivity index (χ1n) is 3.88. The minimum absolute atomic E-state index is 0.0589. The van der Waals surface area contributed by atoms with Crippen molar-refractivity contribution in [2.45, 2.75) is 0 Å². The first kappa shape index (κ1) is 8.89. The molecule has 0 aliphatic carbocycles. The van der Waals surface area contributed by atoms with Crippen LogP contribution in [0.2, 0.25) is 0 Å². The van der Waals surface area contributed by atoms with E-state index >= 15 is 0 Å². The van der Waals surface area contributed by atoms with Crippen molar-refractivity contribution in [2.75, 3.05) is 4.72 Å². The van der Waals surface area contributed by atoms with Crippen molar-refractivity contribution in [3.05, 3.63) is 24.3 Å². The summed E-state index contributed by atoms with van der Waals surface area (Å²) in [6.45, 7) is 0. The summed E-state index contributed by atoms with van der Waals surface area (Å²) in [6.07, 6.45) is 0. The minimum atomic E-state index is -2.65. The molecule has 74 valence electrons. The highest BCUT2D eigenvalue weighted by Gasteiger charge is 2.00. The lowest BCUT2D eigenvalue weighted by Gasteiger charge is -1.97. The summed E-state index contributed by atoms with van der Waals surface area (Å²) in [7, 11) is -2.65. The second-order valence-electron chi connectivity index (χ2n) is 2.83. The Morgan fingerprint density at radius 2 is 2.07 bits per heavy atom. The fraction of sp³-hybridized carbons (Fsp3) is 0. The van der Waals surface area contributed by atoms with Crippen molar-refractivity contribution in [1.29, 1.82) is 0 Å². The van der Waals surface area contributed by atoms with E-state index in [0.717, 1.165) is 10.9 Å². The molecule has 14 heavy (non-hydrogen) atoms. The van der Waals surface area contributed by atoms with Gasteiger partial charge < -0.3 is 10.1 Å². The fourth-order valence-corrected chi connectivity index (χ4v) is 1.64. The summed E-state index contributed by atoms with van der Waals surface area (Å²) in [6, 6.07) is 6.47. The standard InChI is InChI=1S/C8H8N2O3S/c11-8-4-5-3-6(10-14(12)13)1-2-7(5)9-8/h1-4,9,11,14H,(H,10,12,13). The Balaban J connectivity index is 2.50. The molecular formula is C8H8N2O3S. The third-order valence-electron chi connectivity index (χ3n) is 1.83. The zero-order chi connectivity index (χ0) is 10.1. The van der Waals surface area contributed by atoms with E-state index in [2.05, 4.69) is 9.71 Å². The summed E-state index contributed by atoms with van der Waals surface area (Å²) < 4.78 is 23.0. The molecule has 0 radical (unpaired) electrons. The van der Waals surface area contributed by atoms with Crippen molar-refractivity contribution >= 4 is 27.5 Å². The van der Waals surface area contributed by atoms with E-state index in [0.29, 0.717) is 5.69 Å². The topological polar surface area (TPSA) is 82.2 Å². The van der Waals surface area contributed by atoms with Crippen LogP contribution in [-0.4, -0.2) is 18.5 Å². The summed E-state index contributed by atoms with van der Waals surface area (Å²) in [4.78, 5) is 2.72. The summed E-state index contributed by atoms with van der Waals surface area (Å²) in [5, 5.41) is 9.89. The van der Waals surface area contributed by atoms with Gasteiger partial charge in [0.25, 0.3) is 0 Å². The molecule has 1 heterocycles. The molecule has 0 fully saturated rings. The molecule has 1 aromatic carbocycles. The Kier molecular flexibility index (Phi) is 2.05. The number of thiol groups is 1. The Morgan fingerprint density at radius 3 is 2.79 bits per heavy atom. The summed E-state index contributed by atoms with van der Waals surface area (Å²) in [5.74, 6) is 0.0589. The normalized spacial score (nSPS) is 10.9. The lowest BCUT2D eigenvalue weighted by molar-refractivity contribution is 0.458. The van der Waals surface area contributed by atoms with Gasteiger partial charge in [-0.25, -0.2) is 8.42 Å². The highest BCUT2D eigenvalue weighted by Crippen LogP contribution is 2.22. The van der Waals surface area contributed by atoms with E-state index in [-0.39, 0.29) is 5.88 Å². The van der Waals surface area contributed by atoms with Gasteiger partial charge in [-0.15, -0.1) is 0 Å². The van der Waals surface area contributed by atoms with Gasteiger partial charge in [0.05, 0.1) is 0 Å². The van der Waals surface area contributed by atoms with Crippen molar-refractivity contribution < 1.29 is 13.5 Å². The number of aromatic amines is 1. The van der Waals surface area contributed by atoms with E-state index < -0.39 is 10.9 Å². The molecule has 0 aliphatic heterocycles. The average Bonchev–Trinajstić information content (AvgIpc) is 2.42. The van der Waals surface area contributed by atoms with Crippen molar-refractivity contribution in [2.24, 2.45) is 0 Å². The van der Waals surface area contributed by atoms with Gasteiger partial charge in [-0.1, -0.05) is 0 Å². The molecule has 0 spiro atoms. The predicted molar refractivity (Wildman–Crippen MR) is 53.9 cm³/mol. The van der Waals surface area contributed by atoms with Crippen LogP contribution in [0.5, 0.6) is 5.88 Å². The van der Waals surface area contributed by atoms with Gasteiger partial charge in [-0.05, 0) is 18.2 Å². The van der Waals surface area contributed by atoms with E-state index in [9.17, 15) is 8.42 Å². The number of fused-ring (bicyclic) bond motifs is 1. The second kappa shape index (κ2) is 3.22. The Bertz CT molecular complexity index is 537. The number of rotatable bonds is 2. The molecule has 0 amide bonds. The number of nitrogens with one attached hydrogen (secondary N) is 2. The number of hydrogen-bond donors (Lipinski definition) is 4. The molecule has 0 saturated heterocycles. The largest absolute Gasteiger partial charge is 0.495 e. The predicted octanol–water partition coefficient (Wildman–Crippen LogP) is 0.812. The third kappa shape index (κ3) is 1.64. The summed E-state index contributed by atoms with van der Waals surface area (Å²) >= 11 is 0. The monoisotopic (exact) mass is 212 g/mol. The van der Waals surface area contributed by atoms with Crippen LogP contribution in [0.1, 0.15) is 0 Å². The molecule has 2 rings (SSSR count).